The fraction of sp³-hybridized carbons (Fsp3) is 0.438. The Morgan fingerprint density at radius 1 is 1.17 bits per heavy atom. The van der Waals surface area contributed by atoms with Gasteiger partial charge in [0.05, 0.1) is 6.54 Å². The number of benzene rings is 1. The first-order valence-electron chi connectivity index (χ1n) is 7.59. The van der Waals surface area contributed by atoms with Crippen molar-refractivity contribution < 1.29 is 0 Å². The van der Waals surface area contributed by atoms with Crippen molar-refractivity contribution in [2.45, 2.75) is 19.6 Å². The van der Waals surface area contributed by atoms with Gasteiger partial charge in [-0.3, -0.25) is 9.67 Å². The van der Waals surface area contributed by atoms with E-state index in [9.17, 15) is 0 Å². The maximum absolute atomic E-state index is 4.25. The highest BCUT2D eigenvalue weighted by Crippen LogP contribution is 2.10. The smallest absolute Gasteiger partial charge is 0.191 e. The number of nitrogens with one attached hydrogen (secondary N) is 2. The Bertz CT molecular complexity index is 651. The number of guanidine groups is 1. The third-order valence-corrected chi connectivity index (χ3v) is 3.49. The second-order valence-electron chi connectivity index (χ2n) is 5.59. The first-order chi connectivity index (χ1) is 11.1. The van der Waals surface area contributed by atoms with Crippen LogP contribution in [0.4, 0.5) is 0 Å². The van der Waals surface area contributed by atoms with Gasteiger partial charge in [-0.2, -0.15) is 5.10 Å². The van der Waals surface area contributed by atoms with Crippen LogP contribution < -0.4 is 10.6 Å². The summed E-state index contributed by atoms with van der Waals surface area (Å²) in [5.74, 6) is 1.61. The monoisotopic (exact) mass is 443 g/mol. The number of hydrogen-bond donors (Lipinski definition) is 2. The SMILES string of the molecule is CN=C(NCc1ccccc1CN(C)C)NCc1ncnn1C.I. The molecule has 0 atom stereocenters. The van der Waals surface area contributed by atoms with Crippen molar-refractivity contribution in [3.8, 4) is 0 Å². The van der Waals surface area contributed by atoms with Crippen LogP contribution in [0.2, 0.25) is 0 Å². The summed E-state index contributed by atoms with van der Waals surface area (Å²) < 4.78 is 1.74. The minimum atomic E-state index is 0. The Labute approximate surface area is 160 Å². The van der Waals surface area contributed by atoms with Crippen LogP contribution in [0.5, 0.6) is 0 Å². The van der Waals surface area contributed by atoms with Crippen LogP contribution in [0.25, 0.3) is 0 Å². The third-order valence-electron chi connectivity index (χ3n) is 3.49. The van der Waals surface area contributed by atoms with Crippen molar-refractivity contribution in [2.75, 3.05) is 21.1 Å². The van der Waals surface area contributed by atoms with E-state index in [0.717, 1.165) is 24.9 Å². The van der Waals surface area contributed by atoms with Crippen LogP contribution in [-0.4, -0.2) is 46.8 Å². The van der Waals surface area contributed by atoms with Crippen molar-refractivity contribution >= 4 is 29.9 Å². The molecule has 0 bridgehead atoms. The minimum Gasteiger partial charge on any atom is -0.352 e. The molecule has 0 aliphatic heterocycles. The molecule has 0 fully saturated rings. The van der Waals surface area contributed by atoms with Gasteiger partial charge >= 0.3 is 0 Å². The van der Waals surface area contributed by atoms with Gasteiger partial charge in [0.15, 0.2) is 5.96 Å². The molecular formula is C16H26IN7. The van der Waals surface area contributed by atoms with Gasteiger partial charge in [-0.05, 0) is 25.2 Å². The minimum absolute atomic E-state index is 0. The normalized spacial score (nSPS) is 11.3. The third kappa shape index (κ3) is 6.08. The predicted molar refractivity (Wildman–Crippen MR) is 107 cm³/mol. The molecule has 1 aromatic heterocycles. The maximum Gasteiger partial charge on any atom is 0.191 e. The Kier molecular flexibility index (Phi) is 8.69. The van der Waals surface area contributed by atoms with E-state index in [4.69, 9.17) is 0 Å². The molecule has 7 nitrogen and oxygen atoms in total. The molecule has 1 aromatic carbocycles. The molecule has 1 heterocycles. The van der Waals surface area contributed by atoms with Gasteiger partial charge in [0.25, 0.3) is 0 Å². The summed E-state index contributed by atoms with van der Waals surface area (Å²) in [5, 5.41) is 10.6. The zero-order valence-electron chi connectivity index (χ0n) is 14.7. The van der Waals surface area contributed by atoms with Gasteiger partial charge in [-0.25, -0.2) is 4.98 Å². The number of aliphatic imine (C=N–C) groups is 1. The molecule has 0 aliphatic carbocycles. The molecule has 8 heteroatoms. The molecule has 2 N–H and O–H groups in total. The largest absolute Gasteiger partial charge is 0.352 e. The molecule has 2 aromatic rings. The second kappa shape index (κ2) is 10.2. The summed E-state index contributed by atoms with van der Waals surface area (Å²) in [6.45, 7) is 2.22. The van der Waals surface area contributed by atoms with Gasteiger partial charge in [0.2, 0.25) is 0 Å². The summed E-state index contributed by atoms with van der Waals surface area (Å²) in [4.78, 5) is 10.6. The van der Waals surface area contributed by atoms with Crippen LogP contribution in [0, 0.1) is 0 Å². The van der Waals surface area contributed by atoms with E-state index in [0.29, 0.717) is 6.54 Å². The molecule has 0 amide bonds. The van der Waals surface area contributed by atoms with E-state index in [-0.39, 0.29) is 24.0 Å². The summed E-state index contributed by atoms with van der Waals surface area (Å²) >= 11 is 0. The molecule has 0 saturated carbocycles. The molecule has 0 radical (unpaired) electrons. The highest BCUT2D eigenvalue weighted by atomic mass is 127. The summed E-state index contributed by atoms with van der Waals surface area (Å²) in [6, 6.07) is 8.43. The molecule has 0 aliphatic rings. The van der Waals surface area contributed by atoms with Gasteiger partial charge in [-0.1, -0.05) is 24.3 Å². The van der Waals surface area contributed by atoms with Crippen molar-refractivity contribution in [1.82, 2.24) is 30.3 Å². The van der Waals surface area contributed by atoms with Crippen LogP contribution in [-0.2, 0) is 26.7 Å². The molecular weight excluding hydrogens is 417 g/mol. The number of nitrogens with zero attached hydrogens (tertiary/aromatic N) is 5. The van der Waals surface area contributed by atoms with E-state index in [2.05, 4.69) is 69.0 Å². The van der Waals surface area contributed by atoms with Crippen LogP contribution in [0.1, 0.15) is 17.0 Å². The first kappa shape index (κ1) is 20.4. The summed E-state index contributed by atoms with van der Waals surface area (Å²) in [6.07, 6.45) is 1.55. The van der Waals surface area contributed by atoms with Gasteiger partial charge in [-0.15, -0.1) is 24.0 Å². The van der Waals surface area contributed by atoms with E-state index in [1.54, 1.807) is 18.1 Å². The average Bonchev–Trinajstić information content (AvgIpc) is 2.93. The van der Waals surface area contributed by atoms with E-state index in [1.165, 1.54) is 11.1 Å². The van der Waals surface area contributed by atoms with Crippen LogP contribution >= 0.6 is 24.0 Å². The highest BCUT2D eigenvalue weighted by molar-refractivity contribution is 14.0. The van der Waals surface area contributed by atoms with E-state index < -0.39 is 0 Å². The lowest BCUT2D eigenvalue weighted by molar-refractivity contribution is 0.400. The number of halogens is 1. The Morgan fingerprint density at radius 3 is 2.42 bits per heavy atom. The van der Waals surface area contributed by atoms with Crippen molar-refractivity contribution in [3.63, 3.8) is 0 Å². The molecule has 132 valence electrons. The molecule has 24 heavy (non-hydrogen) atoms. The number of aryl methyl sites for hydroxylation is 1. The summed E-state index contributed by atoms with van der Waals surface area (Å²) in [7, 11) is 7.78. The molecule has 0 spiro atoms. The fourth-order valence-electron chi connectivity index (χ4n) is 2.27. The quantitative estimate of drug-likeness (QED) is 0.401. The fourth-order valence-corrected chi connectivity index (χ4v) is 2.27. The molecule has 0 unspecified atom stereocenters. The van der Waals surface area contributed by atoms with Crippen molar-refractivity contribution in [3.05, 3.63) is 47.5 Å². The topological polar surface area (TPSA) is 70.4 Å². The molecule has 0 saturated heterocycles. The van der Waals surface area contributed by atoms with Crippen LogP contribution in [0.15, 0.2) is 35.6 Å². The van der Waals surface area contributed by atoms with Gasteiger partial charge < -0.3 is 15.5 Å². The number of hydrogen-bond acceptors (Lipinski definition) is 4. The van der Waals surface area contributed by atoms with Crippen LogP contribution in [0.3, 0.4) is 0 Å². The van der Waals surface area contributed by atoms with Crippen molar-refractivity contribution in [2.24, 2.45) is 12.0 Å². The highest BCUT2D eigenvalue weighted by Gasteiger charge is 2.06. The lowest BCUT2D eigenvalue weighted by Crippen LogP contribution is -2.37. The van der Waals surface area contributed by atoms with Gasteiger partial charge in [0.1, 0.15) is 12.2 Å². The lowest BCUT2D eigenvalue weighted by atomic mass is 10.1. The van der Waals surface area contributed by atoms with Crippen molar-refractivity contribution in [1.29, 1.82) is 0 Å². The Hall–Kier alpha value is -1.68. The predicted octanol–water partition coefficient (Wildman–Crippen LogP) is 1.36. The zero-order chi connectivity index (χ0) is 16.7. The zero-order valence-corrected chi connectivity index (χ0v) is 17.0. The average molecular weight is 443 g/mol. The van der Waals surface area contributed by atoms with E-state index >= 15 is 0 Å². The Balaban J connectivity index is 0.00000288. The number of rotatable bonds is 6. The maximum atomic E-state index is 4.25. The second-order valence-corrected chi connectivity index (χ2v) is 5.59. The molecule has 2 rings (SSSR count). The Morgan fingerprint density at radius 2 is 1.83 bits per heavy atom. The first-order valence-corrected chi connectivity index (χ1v) is 7.59. The number of aromatic nitrogens is 3. The summed E-state index contributed by atoms with van der Waals surface area (Å²) in [5.41, 5.74) is 2.58. The standard InChI is InChI=1S/C16H25N7.HI/c1-17-16(19-10-15-20-12-21-23(15)4)18-9-13-7-5-6-8-14(13)11-22(2)3;/h5-8,12H,9-11H2,1-4H3,(H2,17,18,19);1H. The lowest BCUT2D eigenvalue weighted by Gasteiger charge is -2.16. The van der Waals surface area contributed by atoms with E-state index in [1.807, 2.05) is 7.05 Å². The van der Waals surface area contributed by atoms with Gasteiger partial charge in [0, 0.05) is 27.2 Å².